The van der Waals surface area contributed by atoms with Crippen LogP contribution in [-0.2, 0) is 24.2 Å². The van der Waals surface area contributed by atoms with Gasteiger partial charge in [0.2, 0.25) is 0 Å². The van der Waals surface area contributed by atoms with Crippen LogP contribution in [0.15, 0.2) is 42.9 Å². The molecule has 0 saturated heterocycles. The number of fused-ring (bicyclic) bond motifs is 3. The number of ether oxygens (including phenoxy) is 1. The Hall–Kier alpha value is -3.07. The molecule has 0 radical (unpaired) electrons. The predicted octanol–water partition coefficient (Wildman–Crippen LogP) is 2.94. The molecule has 1 aliphatic carbocycles. The van der Waals surface area contributed by atoms with Gasteiger partial charge in [-0.1, -0.05) is 12.1 Å². The fourth-order valence-electron chi connectivity index (χ4n) is 5.62. The molecule has 4 heterocycles. The first-order valence-electron chi connectivity index (χ1n) is 11.9. The van der Waals surface area contributed by atoms with Gasteiger partial charge >= 0.3 is 0 Å². The second-order valence-electron chi connectivity index (χ2n) is 9.75. The molecule has 1 unspecified atom stereocenters. The van der Waals surface area contributed by atoms with E-state index in [2.05, 4.69) is 41.2 Å². The van der Waals surface area contributed by atoms with Crippen LogP contribution in [0.1, 0.15) is 42.6 Å². The minimum absolute atomic E-state index is 0.0151. The Morgan fingerprint density at radius 1 is 1.15 bits per heavy atom. The van der Waals surface area contributed by atoms with Gasteiger partial charge in [0.25, 0.3) is 0 Å². The van der Waals surface area contributed by atoms with E-state index in [1.165, 1.54) is 17.5 Å². The molecule has 2 aliphatic rings. The molecule has 1 aliphatic heterocycles. The molecule has 1 aromatic carbocycles. The maximum atomic E-state index is 10.8. The van der Waals surface area contributed by atoms with Crippen LogP contribution in [-0.4, -0.2) is 48.0 Å². The van der Waals surface area contributed by atoms with Gasteiger partial charge in [-0.25, -0.2) is 9.97 Å². The largest absolute Gasteiger partial charge is 0.390 e. The van der Waals surface area contributed by atoms with Crippen LogP contribution in [0.3, 0.4) is 0 Å². The summed E-state index contributed by atoms with van der Waals surface area (Å²) in [5.74, 6) is 0.402. The Kier molecular flexibility index (Phi) is 5.24. The summed E-state index contributed by atoms with van der Waals surface area (Å²) in [6, 6.07) is 10.3. The van der Waals surface area contributed by atoms with Gasteiger partial charge in [-0.05, 0) is 61.4 Å². The molecular formula is C26H29N5O3. The average molecular weight is 460 g/mol. The number of aliphatic hydroxyl groups is 2. The highest BCUT2D eigenvalue weighted by molar-refractivity contribution is 5.86. The number of aromatic nitrogens is 4. The summed E-state index contributed by atoms with van der Waals surface area (Å²) >= 11 is 0. The normalized spacial score (nSPS) is 26.9. The third-order valence-corrected chi connectivity index (χ3v) is 7.54. The number of aliphatic hydroxyl groups excluding tert-OH is 2. The highest BCUT2D eigenvalue weighted by atomic mass is 16.5. The lowest BCUT2D eigenvalue weighted by Gasteiger charge is -2.22. The molecule has 1 saturated carbocycles. The quantitative estimate of drug-likeness (QED) is 0.429. The number of pyridine rings is 1. The van der Waals surface area contributed by atoms with Crippen molar-refractivity contribution < 1.29 is 14.9 Å². The molecule has 0 bridgehead atoms. The van der Waals surface area contributed by atoms with Crippen molar-refractivity contribution in [2.45, 2.75) is 63.6 Å². The Balaban J connectivity index is 1.19. The van der Waals surface area contributed by atoms with E-state index in [9.17, 15) is 10.2 Å². The predicted molar refractivity (Wildman–Crippen MR) is 129 cm³/mol. The first-order valence-corrected chi connectivity index (χ1v) is 11.9. The first-order chi connectivity index (χ1) is 16.5. The Morgan fingerprint density at radius 3 is 2.91 bits per heavy atom. The highest BCUT2D eigenvalue weighted by Gasteiger charge is 2.42. The van der Waals surface area contributed by atoms with E-state index in [1.54, 1.807) is 0 Å². The number of aryl methyl sites for hydroxylation is 1. The highest BCUT2D eigenvalue weighted by Crippen LogP contribution is 2.39. The summed E-state index contributed by atoms with van der Waals surface area (Å²) in [5.41, 5.74) is 11.1. The molecule has 4 N–H and O–H groups in total. The maximum Gasteiger partial charge on any atom is 0.145 e. The third kappa shape index (κ3) is 3.62. The lowest BCUT2D eigenvalue weighted by molar-refractivity contribution is 0.00545. The van der Waals surface area contributed by atoms with Crippen molar-refractivity contribution in [2.75, 3.05) is 5.73 Å². The van der Waals surface area contributed by atoms with E-state index < -0.39 is 12.2 Å². The lowest BCUT2D eigenvalue weighted by atomic mass is 9.95. The van der Waals surface area contributed by atoms with Gasteiger partial charge in [-0.15, -0.1) is 0 Å². The van der Waals surface area contributed by atoms with Gasteiger partial charge < -0.3 is 25.3 Å². The van der Waals surface area contributed by atoms with Crippen molar-refractivity contribution in [3.8, 4) is 0 Å². The van der Waals surface area contributed by atoms with Crippen molar-refractivity contribution in [1.82, 2.24) is 19.5 Å². The van der Waals surface area contributed by atoms with Crippen LogP contribution in [0.2, 0.25) is 0 Å². The summed E-state index contributed by atoms with van der Waals surface area (Å²) in [6.45, 7) is 2.66. The molecule has 0 spiro atoms. The lowest BCUT2D eigenvalue weighted by Crippen LogP contribution is -2.29. The zero-order chi connectivity index (χ0) is 23.4. The van der Waals surface area contributed by atoms with Crippen LogP contribution in [0.5, 0.6) is 0 Å². The van der Waals surface area contributed by atoms with E-state index in [0.717, 1.165) is 41.2 Å². The second kappa shape index (κ2) is 8.30. The Bertz CT molecular complexity index is 1370. The molecule has 176 valence electrons. The summed E-state index contributed by atoms with van der Waals surface area (Å²) in [6.07, 6.45) is 5.06. The molecule has 5 atom stereocenters. The molecule has 34 heavy (non-hydrogen) atoms. The number of nitrogen functional groups attached to an aromatic ring is 1. The molecule has 6 rings (SSSR count). The number of anilines is 1. The van der Waals surface area contributed by atoms with Crippen LogP contribution >= 0.6 is 0 Å². The smallest absolute Gasteiger partial charge is 0.145 e. The number of nitrogens with two attached hydrogens (primary N) is 1. The van der Waals surface area contributed by atoms with Gasteiger partial charge in [-0.2, -0.15) is 0 Å². The van der Waals surface area contributed by atoms with Gasteiger partial charge in [0.05, 0.1) is 41.5 Å². The summed E-state index contributed by atoms with van der Waals surface area (Å²) < 4.78 is 7.69. The second-order valence-corrected chi connectivity index (χ2v) is 9.75. The zero-order valence-electron chi connectivity index (χ0n) is 19.1. The zero-order valence-corrected chi connectivity index (χ0v) is 19.1. The molecule has 1 fully saturated rings. The third-order valence-electron chi connectivity index (χ3n) is 7.54. The Labute approximate surface area is 197 Å². The van der Waals surface area contributed by atoms with E-state index >= 15 is 0 Å². The topological polar surface area (TPSA) is 119 Å². The number of nitrogens with zero attached hydrogens (tertiary/aromatic N) is 4. The number of benzene rings is 1. The van der Waals surface area contributed by atoms with Crippen molar-refractivity contribution in [3.63, 3.8) is 0 Å². The monoisotopic (exact) mass is 459 g/mol. The number of rotatable bonds is 4. The molecule has 0 amide bonds. The molecule has 8 heteroatoms. The van der Waals surface area contributed by atoms with E-state index in [-0.39, 0.29) is 18.1 Å². The van der Waals surface area contributed by atoms with Crippen LogP contribution in [0, 0.1) is 5.92 Å². The summed E-state index contributed by atoms with van der Waals surface area (Å²) in [5, 5.41) is 23.6. The van der Waals surface area contributed by atoms with Crippen LogP contribution < -0.4 is 5.73 Å². The first kappa shape index (κ1) is 21.5. The molecular weight excluding hydrogens is 430 g/mol. The van der Waals surface area contributed by atoms with E-state index in [0.29, 0.717) is 24.5 Å². The number of hydrogen-bond acceptors (Lipinski definition) is 7. The molecule has 8 nitrogen and oxygen atoms in total. The minimum atomic E-state index is -0.857. The van der Waals surface area contributed by atoms with Crippen molar-refractivity contribution in [2.24, 2.45) is 5.92 Å². The maximum absolute atomic E-state index is 10.8. The van der Waals surface area contributed by atoms with Gasteiger partial charge in [-0.3, -0.25) is 4.98 Å². The molecule has 3 aromatic heterocycles. The summed E-state index contributed by atoms with van der Waals surface area (Å²) in [7, 11) is 0. The van der Waals surface area contributed by atoms with Crippen molar-refractivity contribution in [3.05, 3.63) is 59.7 Å². The van der Waals surface area contributed by atoms with Gasteiger partial charge in [0, 0.05) is 18.0 Å². The minimum Gasteiger partial charge on any atom is -0.390 e. The van der Waals surface area contributed by atoms with E-state index in [4.69, 9.17) is 15.5 Å². The van der Waals surface area contributed by atoms with Crippen molar-refractivity contribution >= 4 is 27.8 Å². The standard InChI is InChI=1S/C26H29N5O3/c1-14-8-18-10-16-4-2-15(9-20(16)30-21(18)12-34-14)3-5-17-11-22(24(33)23(17)32)31-7-6-19-25(27)28-13-29-26(19)31/h2,4,6-7,9-10,13-14,17,22-24,32-33H,3,5,8,11-12H2,1H3,(H2,27,28,29)/t14-,17-,22?,23+,24-/m0/s1. The van der Waals surface area contributed by atoms with E-state index in [1.807, 2.05) is 16.8 Å². The van der Waals surface area contributed by atoms with Gasteiger partial charge in [0.15, 0.2) is 0 Å². The molecule has 4 aromatic rings. The van der Waals surface area contributed by atoms with Crippen LogP contribution in [0.25, 0.3) is 21.9 Å². The van der Waals surface area contributed by atoms with Crippen LogP contribution in [0.4, 0.5) is 5.82 Å². The summed E-state index contributed by atoms with van der Waals surface area (Å²) in [4.78, 5) is 13.2. The van der Waals surface area contributed by atoms with Gasteiger partial charge in [0.1, 0.15) is 23.9 Å². The van der Waals surface area contributed by atoms with Crippen molar-refractivity contribution in [1.29, 1.82) is 0 Å². The fraction of sp³-hybridized carbons (Fsp3) is 0.423. The number of hydrogen-bond donors (Lipinski definition) is 3. The average Bonchev–Trinajstić information content (AvgIpc) is 3.38. The Morgan fingerprint density at radius 2 is 2.03 bits per heavy atom. The SMILES string of the molecule is C[C@H]1Cc2cc3ccc(CC[C@H]4CC(n5ccc6c(N)ncnc65)[C@H](O)[C@@H]4O)cc3nc2CO1. The fourth-order valence-corrected chi connectivity index (χ4v) is 5.62.